The van der Waals surface area contributed by atoms with Crippen LogP contribution in [0.2, 0.25) is 0 Å². The van der Waals surface area contributed by atoms with Crippen molar-refractivity contribution in [3.63, 3.8) is 0 Å². The van der Waals surface area contributed by atoms with Crippen LogP contribution < -0.4 is 11.4 Å². The maximum absolute atomic E-state index is 11.7. The number of halogens is 1. The van der Waals surface area contributed by atoms with Gasteiger partial charge in [0.2, 0.25) is 0 Å². The minimum Gasteiger partial charge on any atom is -0.372 e. The van der Waals surface area contributed by atoms with E-state index in [4.69, 9.17) is 0 Å². The monoisotopic (exact) mass is 396 g/mol. The molecule has 3 rings (SSSR count). The molecule has 0 radical (unpaired) electrons. The number of unbranched alkanes of at least 4 members (excludes halogenated alkanes) is 1. The zero-order valence-electron chi connectivity index (χ0n) is 12.7. The van der Waals surface area contributed by atoms with Crippen LogP contribution in [-0.2, 0) is 6.54 Å². The van der Waals surface area contributed by atoms with Gasteiger partial charge in [-0.1, -0.05) is 29.3 Å². The molecule has 0 saturated carbocycles. The van der Waals surface area contributed by atoms with Crippen molar-refractivity contribution in [3.05, 3.63) is 61.7 Å². The third kappa shape index (κ3) is 4.62. The molecule has 5 nitrogen and oxygen atoms in total. The van der Waals surface area contributed by atoms with Crippen LogP contribution in [0, 0.1) is 0 Å². The Morgan fingerprint density at radius 1 is 1.35 bits per heavy atom. The average molecular weight is 397 g/mol. The summed E-state index contributed by atoms with van der Waals surface area (Å²) >= 11 is 4.85. The van der Waals surface area contributed by atoms with Gasteiger partial charge in [-0.25, -0.2) is 14.6 Å². The summed E-state index contributed by atoms with van der Waals surface area (Å²) in [6.45, 7) is 2.53. The van der Waals surface area contributed by atoms with E-state index in [1.807, 2.05) is 16.8 Å². The van der Waals surface area contributed by atoms with Crippen molar-refractivity contribution in [3.8, 4) is 0 Å². The Morgan fingerprint density at radius 2 is 2.17 bits per heavy atom. The molecular formula is C16H17BrN2O3S. The molecule has 0 fully saturated rings. The van der Waals surface area contributed by atoms with Gasteiger partial charge in [-0.2, -0.15) is 11.3 Å². The second kappa shape index (κ2) is 8.79. The Kier molecular flexibility index (Phi) is 6.73. The van der Waals surface area contributed by atoms with Crippen LogP contribution in [0.4, 0.5) is 0 Å². The molecular weight excluding hydrogens is 380 g/mol. The molecule has 0 aromatic carbocycles. The topological polar surface area (TPSA) is 65.1 Å². The first-order valence-corrected chi connectivity index (χ1v) is 9.29. The van der Waals surface area contributed by atoms with Gasteiger partial charge >= 0.3 is 11.4 Å². The quantitative estimate of drug-likeness (QED) is 0.631. The van der Waals surface area contributed by atoms with Crippen molar-refractivity contribution >= 4 is 38.3 Å². The van der Waals surface area contributed by atoms with Gasteiger partial charge < -0.3 is 4.42 Å². The lowest BCUT2D eigenvalue weighted by Gasteiger charge is -2.05. The fourth-order valence-corrected chi connectivity index (χ4v) is 3.11. The SMILES string of the molecule is CCCCBr.O=c1oc(=O)n(Cc2ccsc2)c2ncccc12. The Hall–Kier alpha value is -1.73. The van der Waals surface area contributed by atoms with Gasteiger partial charge in [0.05, 0.1) is 6.54 Å². The van der Waals surface area contributed by atoms with E-state index in [2.05, 4.69) is 32.3 Å². The smallest absolute Gasteiger partial charge is 0.372 e. The van der Waals surface area contributed by atoms with Crippen LogP contribution in [0.3, 0.4) is 0 Å². The second-order valence-electron chi connectivity index (χ2n) is 4.79. The number of nitrogens with zero attached hydrogens (tertiary/aromatic N) is 2. The van der Waals surface area contributed by atoms with Crippen LogP contribution in [0.15, 0.2) is 49.2 Å². The first-order chi connectivity index (χ1) is 11.2. The maximum atomic E-state index is 11.7. The molecule has 3 aromatic rings. The summed E-state index contributed by atoms with van der Waals surface area (Å²) in [6, 6.07) is 5.15. The van der Waals surface area contributed by atoms with Crippen molar-refractivity contribution in [2.75, 3.05) is 5.33 Å². The first kappa shape index (κ1) is 17.6. The van der Waals surface area contributed by atoms with Crippen molar-refractivity contribution in [1.82, 2.24) is 9.55 Å². The molecule has 0 N–H and O–H groups in total. The highest BCUT2D eigenvalue weighted by molar-refractivity contribution is 9.09. The van der Waals surface area contributed by atoms with Crippen molar-refractivity contribution in [1.29, 1.82) is 0 Å². The van der Waals surface area contributed by atoms with Crippen LogP contribution in [-0.4, -0.2) is 14.9 Å². The first-order valence-electron chi connectivity index (χ1n) is 7.23. The molecule has 0 aliphatic rings. The van der Waals surface area contributed by atoms with E-state index < -0.39 is 11.4 Å². The number of rotatable bonds is 4. The molecule has 7 heteroatoms. The number of pyridine rings is 1. The highest BCUT2D eigenvalue weighted by atomic mass is 79.9. The van der Waals surface area contributed by atoms with Gasteiger partial charge in [0.25, 0.3) is 0 Å². The number of alkyl halides is 1. The molecule has 0 aliphatic carbocycles. The summed E-state index contributed by atoms with van der Waals surface area (Å²) in [6.07, 6.45) is 4.15. The summed E-state index contributed by atoms with van der Waals surface area (Å²) < 4.78 is 6.05. The Morgan fingerprint density at radius 3 is 2.78 bits per heavy atom. The number of fused-ring (bicyclic) bond motifs is 1. The summed E-state index contributed by atoms with van der Waals surface area (Å²) in [7, 11) is 0. The Balaban J connectivity index is 0.000000338. The minimum atomic E-state index is -0.683. The normalized spacial score (nSPS) is 10.3. The molecule has 0 atom stereocenters. The molecule has 23 heavy (non-hydrogen) atoms. The van der Waals surface area contributed by atoms with E-state index in [9.17, 15) is 9.59 Å². The fourth-order valence-electron chi connectivity index (χ4n) is 1.89. The van der Waals surface area contributed by atoms with Crippen LogP contribution in [0.5, 0.6) is 0 Å². The van der Waals surface area contributed by atoms with E-state index in [-0.39, 0.29) is 0 Å². The molecule has 0 aliphatic heterocycles. The molecule has 0 unspecified atom stereocenters. The summed E-state index contributed by atoms with van der Waals surface area (Å²) in [4.78, 5) is 27.4. The number of hydrogen-bond donors (Lipinski definition) is 0. The summed E-state index contributed by atoms with van der Waals surface area (Å²) in [5, 5.41) is 5.33. The predicted octanol–water partition coefficient (Wildman–Crippen LogP) is 3.64. The molecule has 122 valence electrons. The zero-order valence-corrected chi connectivity index (χ0v) is 15.1. The molecule has 3 heterocycles. The summed E-state index contributed by atoms with van der Waals surface area (Å²) in [5.41, 5.74) is 0.678. The zero-order chi connectivity index (χ0) is 16.7. The minimum absolute atomic E-state index is 0.312. The van der Waals surface area contributed by atoms with Gasteiger partial charge in [-0.15, -0.1) is 0 Å². The molecule has 3 aromatic heterocycles. The lowest BCUT2D eigenvalue weighted by molar-refractivity contribution is 0.423. The van der Waals surface area contributed by atoms with Gasteiger partial charge in [-0.05, 0) is 40.9 Å². The van der Waals surface area contributed by atoms with Crippen molar-refractivity contribution in [2.24, 2.45) is 0 Å². The molecule has 0 bridgehead atoms. The largest absolute Gasteiger partial charge is 0.423 e. The van der Waals surface area contributed by atoms with Gasteiger partial charge in [-0.3, -0.25) is 4.57 Å². The van der Waals surface area contributed by atoms with Gasteiger partial charge in [0, 0.05) is 11.5 Å². The van der Waals surface area contributed by atoms with E-state index in [0.29, 0.717) is 17.6 Å². The maximum Gasteiger partial charge on any atom is 0.423 e. The van der Waals surface area contributed by atoms with Crippen LogP contribution in [0.25, 0.3) is 11.0 Å². The van der Waals surface area contributed by atoms with Crippen LogP contribution >= 0.6 is 27.3 Å². The molecule has 0 amide bonds. The lowest BCUT2D eigenvalue weighted by atomic mass is 10.3. The lowest BCUT2D eigenvalue weighted by Crippen LogP contribution is -2.26. The van der Waals surface area contributed by atoms with E-state index in [1.54, 1.807) is 29.7 Å². The van der Waals surface area contributed by atoms with Gasteiger partial charge in [0.15, 0.2) is 5.65 Å². The third-order valence-corrected chi connectivity index (χ3v) is 4.36. The number of hydrogen-bond acceptors (Lipinski definition) is 5. The van der Waals surface area contributed by atoms with Gasteiger partial charge in [0.1, 0.15) is 5.39 Å². The van der Waals surface area contributed by atoms with Crippen LogP contribution in [0.1, 0.15) is 25.3 Å². The van der Waals surface area contributed by atoms with E-state index in [0.717, 1.165) is 10.9 Å². The number of aromatic nitrogens is 2. The van der Waals surface area contributed by atoms with Crippen molar-refractivity contribution in [2.45, 2.75) is 26.3 Å². The summed E-state index contributed by atoms with van der Waals surface area (Å²) in [5.74, 6) is -0.683. The molecule has 0 spiro atoms. The fraction of sp³-hybridized carbons (Fsp3) is 0.312. The third-order valence-electron chi connectivity index (χ3n) is 3.07. The second-order valence-corrected chi connectivity index (χ2v) is 6.36. The Bertz CT molecular complexity index is 854. The number of thiophene rings is 1. The average Bonchev–Trinajstić information content (AvgIpc) is 3.06. The Labute approximate surface area is 145 Å². The highest BCUT2D eigenvalue weighted by Crippen LogP contribution is 2.10. The van der Waals surface area contributed by atoms with E-state index in [1.165, 1.54) is 17.4 Å². The van der Waals surface area contributed by atoms with E-state index >= 15 is 0 Å². The molecule has 0 saturated heterocycles. The predicted molar refractivity (Wildman–Crippen MR) is 96.7 cm³/mol. The standard InChI is InChI=1S/C12H8N2O3S.C4H9Br/c15-11-9-2-1-4-13-10(9)14(12(16)17-11)6-8-3-5-18-7-8;1-2-3-4-5/h1-5,7H,6H2;2-4H2,1H3. The van der Waals surface area contributed by atoms with Crippen molar-refractivity contribution < 1.29 is 4.42 Å². The highest BCUT2D eigenvalue weighted by Gasteiger charge is 2.10.